The molecule has 2 heterocycles. The van der Waals surface area contributed by atoms with Gasteiger partial charge in [0.05, 0.1) is 24.4 Å². The normalized spacial score (nSPS) is 20.5. The van der Waals surface area contributed by atoms with Gasteiger partial charge in [-0.05, 0) is 37.8 Å². The van der Waals surface area contributed by atoms with Crippen molar-refractivity contribution in [3.63, 3.8) is 0 Å². The Morgan fingerprint density at radius 1 is 1.33 bits per heavy atom. The average Bonchev–Trinajstić information content (AvgIpc) is 3.25. The van der Waals surface area contributed by atoms with E-state index < -0.39 is 5.97 Å². The second kappa shape index (κ2) is 7.48. The fraction of sp³-hybridized carbons (Fsp3) is 0.438. The minimum atomic E-state index is -0.742. The van der Waals surface area contributed by atoms with Gasteiger partial charge in [-0.25, -0.2) is 9.78 Å². The highest BCUT2D eigenvalue weighted by molar-refractivity contribution is 7.13. The largest absolute Gasteiger partial charge is 0.481 e. The van der Waals surface area contributed by atoms with E-state index in [2.05, 4.69) is 15.6 Å². The van der Waals surface area contributed by atoms with Crippen LogP contribution in [-0.4, -0.2) is 28.1 Å². The number of hydrogen-bond acceptors (Lipinski definition) is 5. The Kier molecular flexibility index (Phi) is 5.14. The van der Waals surface area contributed by atoms with Crippen LogP contribution in [0, 0.1) is 5.92 Å². The molecule has 0 radical (unpaired) electrons. The van der Waals surface area contributed by atoms with Gasteiger partial charge >= 0.3 is 12.0 Å². The molecule has 3 N–H and O–H groups in total. The molecule has 1 aliphatic carbocycles. The Morgan fingerprint density at radius 2 is 2.12 bits per heavy atom. The van der Waals surface area contributed by atoms with Crippen molar-refractivity contribution in [2.45, 2.75) is 38.3 Å². The first-order valence-electron chi connectivity index (χ1n) is 7.87. The number of aromatic nitrogens is 1. The number of carbonyl (C=O) groups is 2. The number of carbonyl (C=O) groups excluding carboxylic acids is 1. The minimum absolute atomic E-state index is 0.0368. The summed E-state index contributed by atoms with van der Waals surface area (Å²) in [6, 6.07) is 3.44. The van der Waals surface area contributed by atoms with Gasteiger partial charge in [0.2, 0.25) is 0 Å². The molecule has 1 saturated carbocycles. The van der Waals surface area contributed by atoms with Gasteiger partial charge in [-0.2, -0.15) is 0 Å². The fourth-order valence-corrected chi connectivity index (χ4v) is 3.58. The van der Waals surface area contributed by atoms with Gasteiger partial charge in [-0.1, -0.05) is 0 Å². The summed E-state index contributed by atoms with van der Waals surface area (Å²) in [5, 5.41) is 17.3. The van der Waals surface area contributed by atoms with Crippen molar-refractivity contribution in [1.82, 2.24) is 15.6 Å². The molecule has 8 heteroatoms. The first kappa shape index (κ1) is 16.5. The van der Waals surface area contributed by atoms with Gasteiger partial charge in [-0.3, -0.25) is 4.79 Å². The topological polar surface area (TPSA) is 104 Å². The zero-order valence-corrected chi connectivity index (χ0v) is 13.8. The van der Waals surface area contributed by atoms with Crippen LogP contribution in [0.15, 0.2) is 28.2 Å². The molecule has 2 amide bonds. The van der Waals surface area contributed by atoms with E-state index in [0.717, 1.165) is 10.7 Å². The molecule has 0 spiro atoms. The van der Waals surface area contributed by atoms with Crippen molar-refractivity contribution in [2.24, 2.45) is 5.92 Å². The molecule has 0 atom stereocenters. The summed E-state index contributed by atoms with van der Waals surface area (Å²) >= 11 is 1.47. The van der Waals surface area contributed by atoms with Gasteiger partial charge in [0.15, 0.2) is 10.8 Å². The van der Waals surface area contributed by atoms with Crippen LogP contribution in [0.1, 0.15) is 31.4 Å². The lowest BCUT2D eigenvalue weighted by molar-refractivity contribution is -0.142. The summed E-state index contributed by atoms with van der Waals surface area (Å²) in [6.07, 6.45) is 4.21. The SMILES string of the molecule is O=C(NCc1csc(-c2ccco2)n1)NC1CCC(C(=O)O)CC1. The van der Waals surface area contributed by atoms with E-state index in [1.807, 2.05) is 11.4 Å². The number of hydrogen-bond donors (Lipinski definition) is 3. The van der Waals surface area contributed by atoms with Crippen molar-refractivity contribution in [2.75, 3.05) is 0 Å². The standard InChI is InChI=1S/C16H19N3O4S/c20-15(21)10-3-5-11(6-4-10)19-16(22)17-8-12-9-24-14(18-12)13-2-1-7-23-13/h1-2,7,9-11H,3-6,8H2,(H,20,21)(H2,17,19,22). The molecule has 1 aliphatic rings. The second-order valence-corrected chi connectivity index (χ2v) is 6.69. The highest BCUT2D eigenvalue weighted by Gasteiger charge is 2.26. The van der Waals surface area contributed by atoms with Crippen LogP contribution in [-0.2, 0) is 11.3 Å². The Hall–Kier alpha value is -2.35. The molecule has 24 heavy (non-hydrogen) atoms. The number of rotatable bonds is 5. The summed E-state index contributed by atoms with van der Waals surface area (Å²) in [6.45, 7) is 0.341. The average molecular weight is 349 g/mol. The van der Waals surface area contributed by atoms with E-state index >= 15 is 0 Å². The van der Waals surface area contributed by atoms with Gasteiger partial charge in [-0.15, -0.1) is 11.3 Å². The van der Waals surface area contributed by atoms with E-state index in [9.17, 15) is 9.59 Å². The Labute approximate surface area is 143 Å². The molecule has 3 rings (SSSR count). The Morgan fingerprint density at radius 3 is 2.79 bits per heavy atom. The Balaban J connectivity index is 1.42. The number of amides is 2. The van der Waals surface area contributed by atoms with E-state index in [1.54, 1.807) is 12.3 Å². The minimum Gasteiger partial charge on any atom is -0.481 e. The second-order valence-electron chi connectivity index (χ2n) is 5.84. The van der Waals surface area contributed by atoms with Crippen LogP contribution in [0.25, 0.3) is 10.8 Å². The smallest absolute Gasteiger partial charge is 0.315 e. The first-order chi connectivity index (χ1) is 11.6. The lowest BCUT2D eigenvalue weighted by Gasteiger charge is -2.26. The maximum Gasteiger partial charge on any atom is 0.315 e. The number of thiazole rings is 1. The third kappa shape index (κ3) is 4.14. The zero-order valence-electron chi connectivity index (χ0n) is 13.0. The molecule has 0 aromatic carbocycles. The lowest BCUT2D eigenvalue weighted by Crippen LogP contribution is -2.43. The molecular weight excluding hydrogens is 330 g/mol. The summed E-state index contributed by atoms with van der Waals surface area (Å²) in [5.74, 6) is -0.305. The maximum atomic E-state index is 12.0. The van der Waals surface area contributed by atoms with Gasteiger partial charge in [0.1, 0.15) is 0 Å². The van der Waals surface area contributed by atoms with Crippen LogP contribution in [0.3, 0.4) is 0 Å². The summed E-state index contributed by atoms with van der Waals surface area (Å²) in [5.41, 5.74) is 0.774. The Bertz CT molecular complexity index is 690. The molecule has 0 aliphatic heterocycles. The van der Waals surface area contributed by atoms with Gasteiger partial charge in [0, 0.05) is 11.4 Å². The predicted molar refractivity (Wildman–Crippen MR) is 88.6 cm³/mol. The summed E-state index contributed by atoms with van der Waals surface area (Å²) in [4.78, 5) is 27.3. The number of nitrogens with zero attached hydrogens (tertiary/aromatic N) is 1. The van der Waals surface area contributed by atoms with E-state index in [0.29, 0.717) is 38.0 Å². The van der Waals surface area contributed by atoms with Crippen molar-refractivity contribution in [3.8, 4) is 10.8 Å². The first-order valence-corrected chi connectivity index (χ1v) is 8.75. The summed E-state index contributed by atoms with van der Waals surface area (Å²) < 4.78 is 5.29. The number of furan rings is 1. The van der Waals surface area contributed by atoms with Crippen LogP contribution in [0.2, 0.25) is 0 Å². The van der Waals surface area contributed by atoms with Gasteiger partial charge < -0.3 is 20.2 Å². The third-order valence-electron chi connectivity index (χ3n) is 4.13. The van der Waals surface area contributed by atoms with E-state index in [1.165, 1.54) is 11.3 Å². The third-order valence-corrected chi connectivity index (χ3v) is 5.03. The number of carboxylic acid groups (broad SMARTS) is 1. The maximum absolute atomic E-state index is 12.0. The number of aliphatic carboxylic acids is 1. The monoisotopic (exact) mass is 349 g/mol. The number of carboxylic acids is 1. The molecule has 2 aromatic heterocycles. The quantitative estimate of drug-likeness (QED) is 0.770. The van der Waals surface area contributed by atoms with E-state index in [4.69, 9.17) is 9.52 Å². The number of nitrogens with one attached hydrogen (secondary N) is 2. The zero-order chi connectivity index (χ0) is 16.9. The molecule has 2 aromatic rings. The molecule has 128 valence electrons. The van der Waals surface area contributed by atoms with Crippen molar-refractivity contribution < 1.29 is 19.1 Å². The van der Waals surface area contributed by atoms with Crippen molar-refractivity contribution >= 4 is 23.3 Å². The number of urea groups is 1. The van der Waals surface area contributed by atoms with Crippen LogP contribution >= 0.6 is 11.3 Å². The van der Waals surface area contributed by atoms with Crippen molar-refractivity contribution in [3.05, 3.63) is 29.5 Å². The van der Waals surface area contributed by atoms with Crippen LogP contribution < -0.4 is 10.6 Å². The van der Waals surface area contributed by atoms with E-state index in [-0.39, 0.29) is 18.0 Å². The molecule has 0 unspecified atom stereocenters. The lowest BCUT2D eigenvalue weighted by atomic mass is 9.86. The van der Waals surface area contributed by atoms with Gasteiger partial charge in [0.25, 0.3) is 0 Å². The molecular formula is C16H19N3O4S. The van der Waals surface area contributed by atoms with Crippen molar-refractivity contribution in [1.29, 1.82) is 0 Å². The summed E-state index contributed by atoms with van der Waals surface area (Å²) in [7, 11) is 0. The predicted octanol–water partition coefficient (Wildman–Crippen LogP) is 2.85. The van der Waals surface area contributed by atoms with Crippen LogP contribution in [0.4, 0.5) is 4.79 Å². The highest BCUT2D eigenvalue weighted by Crippen LogP contribution is 2.25. The van der Waals surface area contributed by atoms with Crippen LogP contribution in [0.5, 0.6) is 0 Å². The molecule has 1 fully saturated rings. The molecule has 7 nitrogen and oxygen atoms in total. The highest BCUT2D eigenvalue weighted by atomic mass is 32.1. The fourth-order valence-electron chi connectivity index (χ4n) is 2.79. The molecule has 0 bridgehead atoms. The molecule has 0 saturated heterocycles.